The van der Waals surface area contributed by atoms with E-state index in [0.29, 0.717) is 12.4 Å². The van der Waals surface area contributed by atoms with Gasteiger partial charge in [0, 0.05) is 12.5 Å². The summed E-state index contributed by atoms with van der Waals surface area (Å²) in [5.74, 6) is 1.22. The predicted octanol–water partition coefficient (Wildman–Crippen LogP) is 3.01. The Bertz CT molecular complexity index is 510. The van der Waals surface area contributed by atoms with E-state index in [2.05, 4.69) is 22.2 Å². The first-order valence-corrected chi connectivity index (χ1v) is 6.51. The van der Waals surface area contributed by atoms with Crippen LogP contribution in [0, 0.1) is 5.82 Å². The molecule has 1 atom stereocenters. The van der Waals surface area contributed by atoms with Crippen molar-refractivity contribution in [3.05, 3.63) is 47.7 Å². The quantitative estimate of drug-likeness (QED) is 0.870. The topological polar surface area (TPSA) is 51.0 Å². The van der Waals surface area contributed by atoms with Crippen molar-refractivity contribution < 1.29 is 8.81 Å². The highest BCUT2D eigenvalue weighted by Crippen LogP contribution is 2.15. The number of hydrogen-bond acceptors (Lipinski definition) is 4. The van der Waals surface area contributed by atoms with Crippen molar-refractivity contribution in [2.75, 3.05) is 0 Å². The maximum atomic E-state index is 12.8. The predicted molar refractivity (Wildman–Crippen MR) is 69.9 cm³/mol. The van der Waals surface area contributed by atoms with Gasteiger partial charge in [0.15, 0.2) is 0 Å². The summed E-state index contributed by atoms with van der Waals surface area (Å²) in [5, 5.41) is 3.32. The summed E-state index contributed by atoms with van der Waals surface area (Å²) in [6.45, 7) is 4.61. The van der Waals surface area contributed by atoms with Gasteiger partial charge in [0.2, 0.25) is 5.89 Å². The second kappa shape index (κ2) is 6.43. The van der Waals surface area contributed by atoms with Gasteiger partial charge in [0.1, 0.15) is 11.6 Å². The lowest BCUT2D eigenvalue weighted by Crippen LogP contribution is -2.21. The molecule has 0 saturated carbocycles. The summed E-state index contributed by atoms with van der Waals surface area (Å²) < 4.78 is 18.4. The Labute approximate surface area is 112 Å². The van der Waals surface area contributed by atoms with Crippen LogP contribution in [0.4, 0.5) is 4.39 Å². The van der Waals surface area contributed by atoms with Crippen molar-refractivity contribution in [1.29, 1.82) is 0 Å². The summed E-state index contributed by atoms with van der Waals surface area (Å²) in [5.41, 5.74) is 0.825. The zero-order valence-electron chi connectivity index (χ0n) is 11.2. The second-order valence-electron chi connectivity index (χ2n) is 4.32. The lowest BCUT2D eigenvalue weighted by atomic mass is 10.1. The maximum absolute atomic E-state index is 12.8. The minimum Gasteiger partial charge on any atom is -0.444 e. The van der Waals surface area contributed by atoms with Gasteiger partial charge in [-0.25, -0.2) is 9.37 Å². The monoisotopic (exact) mass is 263 g/mol. The molecule has 2 aromatic rings. The molecule has 0 fully saturated rings. The maximum Gasteiger partial charge on any atom is 0.208 e. The number of rotatable bonds is 6. The smallest absolute Gasteiger partial charge is 0.208 e. The van der Waals surface area contributed by atoms with Gasteiger partial charge >= 0.3 is 0 Å². The standard InChI is InChI=1S/C14H18FN3O/c1-3-11-8-18-14(19-11)9-17-12(4-2)13-6-5-10(15)7-16-13/h5-8,12,17H,3-4,9H2,1-2H3. The Balaban J connectivity index is 1.97. The van der Waals surface area contributed by atoms with Crippen LogP contribution in [0.1, 0.15) is 43.7 Å². The molecule has 1 N–H and O–H groups in total. The number of halogens is 1. The van der Waals surface area contributed by atoms with E-state index in [9.17, 15) is 4.39 Å². The number of nitrogens with zero attached hydrogens (tertiary/aromatic N) is 2. The van der Waals surface area contributed by atoms with Crippen LogP contribution in [0.5, 0.6) is 0 Å². The number of aromatic nitrogens is 2. The van der Waals surface area contributed by atoms with Gasteiger partial charge in [-0.1, -0.05) is 13.8 Å². The Morgan fingerprint density at radius 3 is 2.68 bits per heavy atom. The number of aryl methyl sites for hydroxylation is 1. The molecular weight excluding hydrogens is 245 g/mol. The zero-order valence-corrected chi connectivity index (χ0v) is 11.2. The van der Waals surface area contributed by atoms with Crippen LogP contribution in [-0.4, -0.2) is 9.97 Å². The highest BCUT2D eigenvalue weighted by Gasteiger charge is 2.12. The Morgan fingerprint density at radius 1 is 1.26 bits per heavy atom. The first kappa shape index (κ1) is 13.7. The van der Waals surface area contributed by atoms with Crippen molar-refractivity contribution in [1.82, 2.24) is 15.3 Å². The summed E-state index contributed by atoms with van der Waals surface area (Å²) >= 11 is 0. The van der Waals surface area contributed by atoms with E-state index < -0.39 is 0 Å². The second-order valence-corrected chi connectivity index (χ2v) is 4.32. The largest absolute Gasteiger partial charge is 0.444 e. The molecule has 5 heteroatoms. The fraction of sp³-hybridized carbons (Fsp3) is 0.429. The van der Waals surface area contributed by atoms with Gasteiger partial charge in [-0.3, -0.25) is 4.98 Å². The Morgan fingerprint density at radius 2 is 2.11 bits per heavy atom. The van der Waals surface area contributed by atoms with Crippen molar-refractivity contribution >= 4 is 0 Å². The summed E-state index contributed by atoms with van der Waals surface area (Å²) in [6, 6.07) is 3.19. The molecule has 0 radical (unpaired) electrons. The van der Waals surface area contributed by atoms with E-state index >= 15 is 0 Å². The molecule has 4 nitrogen and oxygen atoms in total. The van der Waals surface area contributed by atoms with E-state index in [4.69, 9.17) is 4.42 Å². The Hall–Kier alpha value is -1.75. The third-order valence-electron chi connectivity index (χ3n) is 2.97. The van der Waals surface area contributed by atoms with Crippen LogP contribution in [0.2, 0.25) is 0 Å². The van der Waals surface area contributed by atoms with E-state index in [-0.39, 0.29) is 11.9 Å². The molecule has 19 heavy (non-hydrogen) atoms. The van der Waals surface area contributed by atoms with Gasteiger partial charge in [0.05, 0.1) is 24.6 Å². The summed E-state index contributed by atoms with van der Waals surface area (Å²) in [7, 11) is 0. The normalized spacial score (nSPS) is 12.6. The fourth-order valence-corrected chi connectivity index (χ4v) is 1.86. The van der Waals surface area contributed by atoms with Crippen LogP contribution in [0.25, 0.3) is 0 Å². The number of oxazole rings is 1. The molecule has 0 bridgehead atoms. The van der Waals surface area contributed by atoms with Crippen LogP contribution in [0.15, 0.2) is 28.9 Å². The zero-order chi connectivity index (χ0) is 13.7. The summed E-state index contributed by atoms with van der Waals surface area (Å²) in [4.78, 5) is 8.29. The molecule has 2 aromatic heterocycles. The Kier molecular flexibility index (Phi) is 4.63. The van der Waals surface area contributed by atoms with Crippen LogP contribution < -0.4 is 5.32 Å². The molecule has 0 saturated heterocycles. The first-order valence-electron chi connectivity index (χ1n) is 6.51. The lowest BCUT2D eigenvalue weighted by Gasteiger charge is -2.15. The van der Waals surface area contributed by atoms with Crippen molar-refractivity contribution in [2.45, 2.75) is 39.3 Å². The molecule has 1 unspecified atom stereocenters. The van der Waals surface area contributed by atoms with Gasteiger partial charge < -0.3 is 9.73 Å². The van der Waals surface area contributed by atoms with E-state index in [1.807, 2.05) is 6.92 Å². The van der Waals surface area contributed by atoms with Gasteiger partial charge in [0.25, 0.3) is 0 Å². The van der Waals surface area contributed by atoms with Crippen molar-refractivity contribution in [2.24, 2.45) is 0 Å². The average Bonchev–Trinajstić information content (AvgIpc) is 2.89. The molecule has 2 heterocycles. The highest BCUT2D eigenvalue weighted by atomic mass is 19.1. The minimum absolute atomic E-state index is 0.0672. The number of nitrogens with one attached hydrogen (secondary N) is 1. The third-order valence-corrected chi connectivity index (χ3v) is 2.97. The molecule has 0 amide bonds. The van der Waals surface area contributed by atoms with Crippen molar-refractivity contribution in [3.8, 4) is 0 Å². The van der Waals surface area contributed by atoms with Crippen LogP contribution in [-0.2, 0) is 13.0 Å². The van der Waals surface area contributed by atoms with E-state index in [1.54, 1.807) is 12.3 Å². The SMILES string of the molecule is CCc1cnc(CNC(CC)c2ccc(F)cn2)o1. The molecule has 102 valence electrons. The number of hydrogen-bond donors (Lipinski definition) is 1. The minimum atomic E-state index is -0.320. The molecule has 0 spiro atoms. The van der Waals surface area contributed by atoms with Gasteiger partial charge in [-0.05, 0) is 18.6 Å². The van der Waals surface area contributed by atoms with Gasteiger partial charge in [-0.2, -0.15) is 0 Å². The number of pyridine rings is 1. The third kappa shape index (κ3) is 3.61. The molecule has 2 rings (SSSR count). The summed E-state index contributed by atoms with van der Waals surface area (Å²) in [6.07, 6.45) is 4.68. The molecule has 0 aliphatic rings. The molecular formula is C14H18FN3O. The van der Waals surface area contributed by atoms with E-state index in [0.717, 1.165) is 24.3 Å². The molecule has 0 aliphatic heterocycles. The average molecular weight is 263 g/mol. The van der Waals surface area contributed by atoms with Crippen LogP contribution >= 0.6 is 0 Å². The van der Waals surface area contributed by atoms with Crippen LogP contribution in [0.3, 0.4) is 0 Å². The van der Waals surface area contributed by atoms with Gasteiger partial charge in [-0.15, -0.1) is 0 Å². The fourth-order valence-electron chi connectivity index (χ4n) is 1.86. The highest BCUT2D eigenvalue weighted by molar-refractivity contribution is 5.09. The van der Waals surface area contributed by atoms with Crippen molar-refractivity contribution in [3.63, 3.8) is 0 Å². The lowest BCUT2D eigenvalue weighted by molar-refractivity contribution is 0.410. The molecule has 0 aliphatic carbocycles. The van der Waals surface area contributed by atoms with E-state index in [1.165, 1.54) is 12.3 Å². The first-order chi connectivity index (χ1) is 9.22. The molecule has 0 aromatic carbocycles.